The van der Waals surface area contributed by atoms with Crippen molar-refractivity contribution < 1.29 is 33.3 Å². The van der Waals surface area contributed by atoms with Crippen molar-refractivity contribution in [1.82, 2.24) is 0 Å². The van der Waals surface area contributed by atoms with E-state index in [2.05, 4.69) is 27.7 Å². The topological polar surface area (TPSA) is 80.3 Å². The third-order valence-electron chi connectivity index (χ3n) is 6.81. The molecule has 0 N–H and O–H groups in total. The molecule has 0 radical (unpaired) electrons. The molecule has 2 unspecified atom stereocenters. The Morgan fingerprint density at radius 2 is 1.19 bits per heavy atom. The fourth-order valence-electron chi connectivity index (χ4n) is 4.22. The zero-order chi connectivity index (χ0) is 26.9. The molecule has 1 aromatic rings. The second-order valence-electron chi connectivity index (χ2n) is 9.33. The summed E-state index contributed by atoms with van der Waals surface area (Å²) >= 11 is 0. The van der Waals surface area contributed by atoms with Crippen LogP contribution in [-0.4, -0.2) is 46.5 Å². The maximum atomic E-state index is 13.3. The third-order valence-corrected chi connectivity index (χ3v) is 6.81. The summed E-state index contributed by atoms with van der Waals surface area (Å²) in [5.74, 6) is -0.340. The molecule has 0 saturated carbocycles. The highest BCUT2D eigenvalue weighted by atomic mass is 16.6. The summed E-state index contributed by atoms with van der Waals surface area (Å²) in [6, 6.07) is 3.46. The lowest BCUT2D eigenvalue weighted by Crippen LogP contribution is -2.32. The Hall–Kier alpha value is -2.44. The number of carbonyl (C=O) groups is 2. The molecular weight excluding hydrogens is 460 g/mol. The van der Waals surface area contributed by atoms with Crippen LogP contribution in [0.25, 0.3) is 0 Å². The van der Waals surface area contributed by atoms with Gasteiger partial charge >= 0.3 is 11.9 Å². The zero-order valence-electron chi connectivity index (χ0n) is 23.5. The minimum absolute atomic E-state index is 0.0265. The highest BCUT2D eigenvalue weighted by Crippen LogP contribution is 2.39. The van der Waals surface area contributed by atoms with Crippen LogP contribution in [0.15, 0.2) is 12.1 Å². The number of esters is 2. The summed E-state index contributed by atoms with van der Waals surface area (Å²) in [6.07, 6.45) is 8.16. The van der Waals surface area contributed by atoms with Crippen molar-refractivity contribution in [3.8, 4) is 17.2 Å². The first-order chi connectivity index (χ1) is 17.4. The van der Waals surface area contributed by atoms with E-state index in [9.17, 15) is 9.59 Å². The summed E-state index contributed by atoms with van der Waals surface area (Å²) in [7, 11) is 4.59. The van der Waals surface area contributed by atoms with Gasteiger partial charge in [0.05, 0.1) is 34.5 Å². The molecule has 0 saturated heterocycles. The van der Waals surface area contributed by atoms with Gasteiger partial charge in [-0.25, -0.2) is 0 Å². The maximum Gasteiger partial charge on any atom is 0.320 e. The van der Waals surface area contributed by atoms with Gasteiger partial charge in [0.15, 0.2) is 17.4 Å². The largest absolute Gasteiger partial charge is 0.496 e. The monoisotopic (exact) mass is 508 g/mol. The van der Waals surface area contributed by atoms with E-state index in [-0.39, 0.29) is 18.3 Å². The summed E-state index contributed by atoms with van der Waals surface area (Å²) in [6.45, 7) is 9.05. The quantitative estimate of drug-likeness (QED) is 0.158. The van der Waals surface area contributed by atoms with Crippen molar-refractivity contribution in [3.05, 3.63) is 17.7 Å². The average molecular weight is 509 g/mol. The van der Waals surface area contributed by atoms with Crippen LogP contribution in [0, 0.1) is 17.8 Å². The molecule has 1 rings (SSSR count). The van der Waals surface area contributed by atoms with Gasteiger partial charge in [-0.05, 0) is 36.8 Å². The second-order valence-corrected chi connectivity index (χ2v) is 9.33. The fraction of sp³-hybridized carbons (Fsp3) is 0.724. The van der Waals surface area contributed by atoms with Gasteiger partial charge in [0, 0.05) is 12.0 Å². The number of ether oxygens (including phenoxy) is 5. The minimum atomic E-state index is -1.13. The summed E-state index contributed by atoms with van der Waals surface area (Å²) < 4.78 is 27.9. The van der Waals surface area contributed by atoms with Crippen molar-refractivity contribution in [1.29, 1.82) is 0 Å². The normalized spacial score (nSPS) is 13.4. The molecule has 1 aromatic carbocycles. The molecule has 0 aliphatic heterocycles. The number of methoxy groups -OCH3 is 3. The summed E-state index contributed by atoms with van der Waals surface area (Å²) in [5.41, 5.74) is 0.564. The molecule has 0 heterocycles. The van der Waals surface area contributed by atoms with E-state index in [0.29, 0.717) is 36.0 Å². The third kappa shape index (κ3) is 9.90. The van der Waals surface area contributed by atoms with Crippen LogP contribution in [0.1, 0.15) is 84.6 Å². The number of hydrogen-bond donors (Lipinski definition) is 0. The van der Waals surface area contributed by atoms with Gasteiger partial charge in [0.1, 0.15) is 5.75 Å². The van der Waals surface area contributed by atoms with E-state index in [0.717, 1.165) is 51.4 Å². The van der Waals surface area contributed by atoms with Crippen molar-refractivity contribution in [2.45, 2.75) is 85.5 Å². The van der Waals surface area contributed by atoms with Crippen LogP contribution in [0.5, 0.6) is 17.2 Å². The number of hydrogen-bond acceptors (Lipinski definition) is 7. The fourth-order valence-corrected chi connectivity index (χ4v) is 4.22. The van der Waals surface area contributed by atoms with Crippen molar-refractivity contribution in [2.75, 3.05) is 34.5 Å². The highest BCUT2D eigenvalue weighted by molar-refractivity contribution is 5.95. The van der Waals surface area contributed by atoms with Crippen molar-refractivity contribution in [2.24, 2.45) is 17.8 Å². The molecule has 7 heteroatoms. The van der Waals surface area contributed by atoms with Gasteiger partial charge in [-0.3, -0.25) is 9.59 Å². The number of benzene rings is 1. The van der Waals surface area contributed by atoms with Gasteiger partial charge in [0.2, 0.25) is 0 Å². The van der Waals surface area contributed by atoms with Crippen molar-refractivity contribution in [3.63, 3.8) is 0 Å². The van der Waals surface area contributed by atoms with E-state index in [4.69, 9.17) is 23.7 Å². The number of unbranched alkanes of at least 4 members (excludes halogenated alkanes) is 2. The molecule has 0 amide bonds. The minimum Gasteiger partial charge on any atom is -0.496 e. The molecule has 2 atom stereocenters. The zero-order valence-corrected chi connectivity index (χ0v) is 23.5. The Labute approximate surface area is 218 Å². The average Bonchev–Trinajstić information content (AvgIpc) is 2.90. The van der Waals surface area contributed by atoms with Crippen LogP contribution >= 0.6 is 0 Å². The van der Waals surface area contributed by atoms with Gasteiger partial charge in [-0.2, -0.15) is 0 Å². The molecule has 0 fully saturated rings. The van der Waals surface area contributed by atoms with Crippen LogP contribution in [0.4, 0.5) is 0 Å². The predicted molar refractivity (Wildman–Crippen MR) is 142 cm³/mol. The predicted octanol–water partition coefficient (Wildman–Crippen LogP) is 6.39. The Bertz CT molecular complexity index is 745. The smallest absolute Gasteiger partial charge is 0.320 e. The van der Waals surface area contributed by atoms with E-state index in [1.165, 1.54) is 21.3 Å². The lowest BCUT2D eigenvalue weighted by Gasteiger charge is -2.22. The van der Waals surface area contributed by atoms with Gasteiger partial charge in [-0.15, -0.1) is 0 Å². The molecule has 0 aromatic heterocycles. The van der Waals surface area contributed by atoms with Crippen LogP contribution < -0.4 is 14.2 Å². The molecular formula is C29H48O7. The van der Waals surface area contributed by atoms with Gasteiger partial charge < -0.3 is 23.7 Å². The summed E-state index contributed by atoms with van der Waals surface area (Å²) in [5, 5.41) is 0. The molecule has 0 spiro atoms. The lowest BCUT2D eigenvalue weighted by molar-refractivity contribution is -0.163. The van der Waals surface area contributed by atoms with Gasteiger partial charge in [-0.1, -0.05) is 66.2 Å². The highest BCUT2D eigenvalue weighted by Gasteiger charge is 2.34. The first kappa shape index (κ1) is 31.6. The van der Waals surface area contributed by atoms with E-state index < -0.39 is 17.9 Å². The standard InChI is InChI=1S/C29H48O7/c1-8-12-14-21(10-3)19-35-28(30)24(29(31)36-20-22(11-4)15-13-9-2)18-23-25(32-5)16-17-26(33-6)27(23)34-7/h16-17,21-22,24H,8-15,18-20H2,1-7H3. The summed E-state index contributed by atoms with van der Waals surface area (Å²) in [4.78, 5) is 26.6. The first-order valence-corrected chi connectivity index (χ1v) is 13.5. The van der Waals surface area contributed by atoms with Crippen LogP contribution in [0.3, 0.4) is 0 Å². The molecule has 0 bridgehead atoms. The SMILES string of the molecule is CCCCC(CC)COC(=O)C(Cc1c(OC)ccc(OC)c1OC)C(=O)OCC(CC)CCCC. The van der Waals surface area contributed by atoms with Crippen molar-refractivity contribution >= 4 is 11.9 Å². The Balaban J connectivity index is 3.18. The first-order valence-electron chi connectivity index (χ1n) is 13.5. The van der Waals surface area contributed by atoms with E-state index in [1.54, 1.807) is 12.1 Å². The molecule has 7 nitrogen and oxygen atoms in total. The van der Waals surface area contributed by atoms with E-state index >= 15 is 0 Å². The van der Waals surface area contributed by atoms with Crippen LogP contribution in [-0.2, 0) is 25.5 Å². The Morgan fingerprint density at radius 1 is 0.722 bits per heavy atom. The molecule has 0 aliphatic carbocycles. The molecule has 0 aliphatic rings. The Morgan fingerprint density at radius 3 is 1.58 bits per heavy atom. The second kappa shape index (κ2) is 17.9. The number of rotatable bonds is 19. The number of carbonyl (C=O) groups excluding carboxylic acids is 2. The molecule has 206 valence electrons. The van der Waals surface area contributed by atoms with Crippen LogP contribution in [0.2, 0.25) is 0 Å². The lowest BCUT2D eigenvalue weighted by atomic mass is 9.96. The Kier molecular flexibility index (Phi) is 15.7. The van der Waals surface area contributed by atoms with Gasteiger partial charge in [0.25, 0.3) is 0 Å². The maximum absolute atomic E-state index is 13.3. The van der Waals surface area contributed by atoms with E-state index in [1.807, 2.05) is 0 Å². The molecule has 36 heavy (non-hydrogen) atoms.